The van der Waals surface area contributed by atoms with Crippen LogP contribution in [0.25, 0.3) is 6.08 Å². The number of ether oxygens (including phenoxy) is 1. The SMILES string of the molecule is C=CC(C)(C)[C@@]12C[C@@]3(OC)C(=O)N/C(=C/c4cn(C(C)(C)CC(C)=O)cn4)C(=O)N3[C@]1(C)Nc1ccccc12. The van der Waals surface area contributed by atoms with Crippen molar-refractivity contribution in [2.24, 2.45) is 5.41 Å². The standard InChI is InChI=1S/C30H37N5O4/c1-9-26(3,4)29-17-30(39-8)25(38)32-23(14-20-16-34(18-31-20)27(5,6)15-19(2)36)24(37)35(30)28(29,7)33-22-13-11-10-12-21(22)29/h9-14,16,18,33H,1,15,17H2,2-8H3,(H,32,38)/b23-14+/t28-,29-,30+/m0/s1. The molecule has 0 bridgehead atoms. The molecule has 3 atom stereocenters. The molecule has 5 rings (SSSR count). The van der Waals surface area contributed by atoms with E-state index in [0.717, 1.165) is 11.3 Å². The number of para-hydroxylation sites is 1. The van der Waals surface area contributed by atoms with Gasteiger partial charge < -0.3 is 19.9 Å². The number of imidazole rings is 1. The van der Waals surface area contributed by atoms with Crippen LogP contribution in [-0.4, -0.2) is 50.5 Å². The Morgan fingerprint density at radius 2 is 1.92 bits per heavy atom. The summed E-state index contributed by atoms with van der Waals surface area (Å²) in [5.41, 5.74) is -1.77. The van der Waals surface area contributed by atoms with Gasteiger partial charge in [-0.05, 0) is 50.8 Å². The molecule has 0 unspecified atom stereocenters. The predicted octanol–water partition coefficient (Wildman–Crippen LogP) is 3.93. The summed E-state index contributed by atoms with van der Waals surface area (Å²) in [6.07, 6.45) is 7.46. The molecule has 1 aromatic carbocycles. The zero-order chi connectivity index (χ0) is 28.6. The van der Waals surface area contributed by atoms with Crippen molar-refractivity contribution in [3.8, 4) is 0 Å². The zero-order valence-electron chi connectivity index (χ0n) is 23.7. The average Bonchev–Trinajstić information content (AvgIpc) is 3.50. The first kappa shape index (κ1) is 26.9. The second-order valence-electron chi connectivity index (χ2n) is 12.3. The Morgan fingerprint density at radius 1 is 1.23 bits per heavy atom. The smallest absolute Gasteiger partial charge is 0.278 e. The van der Waals surface area contributed by atoms with E-state index in [2.05, 4.69) is 42.1 Å². The van der Waals surface area contributed by atoms with Crippen LogP contribution in [0.3, 0.4) is 0 Å². The highest BCUT2D eigenvalue weighted by atomic mass is 16.5. The number of hydrogen-bond donors (Lipinski definition) is 2. The van der Waals surface area contributed by atoms with E-state index in [1.807, 2.05) is 49.6 Å². The summed E-state index contributed by atoms with van der Waals surface area (Å²) in [5, 5.41) is 6.43. The Bertz CT molecular complexity index is 1440. The maximum absolute atomic E-state index is 14.3. The van der Waals surface area contributed by atoms with Crippen LogP contribution in [-0.2, 0) is 30.1 Å². The van der Waals surface area contributed by atoms with E-state index in [1.54, 1.807) is 30.4 Å². The Balaban J connectivity index is 1.63. The number of anilines is 1. The molecule has 4 heterocycles. The summed E-state index contributed by atoms with van der Waals surface area (Å²) >= 11 is 0. The second-order valence-corrected chi connectivity index (χ2v) is 12.3. The minimum absolute atomic E-state index is 0.0671. The summed E-state index contributed by atoms with van der Waals surface area (Å²) in [6, 6.07) is 7.97. The minimum atomic E-state index is -1.53. The Labute approximate surface area is 229 Å². The fourth-order valence-electron chi connectivity index (χ4n) is 7.17. The number of Topliss-reactive ketones (excluding diaryl/α,β-unsaturated/α-hetero) is 1. The van der Waals surface area contributed by atoms with Gasteiger partial charge in [0.25, 0.3) is 11.8 Å². The van der Waals surface area contributed by atoms with E-state index in [9.17, 15) is 14.4 Å². The molecule has 2 amide bonds. The molecule has 206 valence electrons. The summed E-state index contributed by atoms with van der Waals surface area (Å²) in [6.45, 7) is 15.7. The molecule has 0 aliphatic carbocycles. The van der Waals surface area contributed by atoms with Gasteiger partial charge in [0.05, 0.1) is 17.4 Å². The fourth-order valence-corrected chi connectivity index (χ4v) is 7.17. The molecular weight excluding hydrogens is 494 g/mol. The van der Waals surface area contributed by atoms with Crippen LogP contribution < -0.4 is 10.6 Å². The molecule has 0 spiro atoms. The highest BCUT2D eigenvalue weighted by Crippen LogP contribution is 2.67. The van der Waals surface area contributed by atoms with E-state index in [0.29, 0.717) is 12.1 Å². The number of benzene rings is 1. The van der Waals surface area contributed by atoms with Gasteiger partial charge >= 0.3 is 0 Å². The molecular formula is C30H37N5O4. The minimum Gasteiger partial charge on any atom is -0.362 e. The maximum atomic E-state index is 14.3. The van der Waals surface area contributed by atoms with Crippen molar-refractivity contribution < 1.29 is 19.1 Å². The third-order valence-electron chi connectivity index (χ3n) is 9.17. The van der Waals surface area contributed by atoms with Crippen LogP contribution in [0.15, 0.2) is 55.1 Å². The molecule has 2 saturated heterocycles. The first-order valence-corrected chi connectivity index (χ1v) is 13.2. The number of ketones is 1. The van der Waals surface area contributed by atoms with Gasteiger partial charge in [0.2, 0.25) is 5.72 Å². The maximum Gasteiger partial charge on any atom is 0.278 e. The van der Waals surface area contributed by atoms with Crippen LogP contribution in [0.1, 0.15) is 65.6 Å². The molecule has 9 nitrogen and oxygen atoms in total. The van der Waals surface area contributed by atoms with Gasteiger partial charge in [-0.3, -0.25) is 19.3 Å². The van der Waals surface area contributed by atoms with Crippen molar-refractivity contribution in [1.29, 1.82) is 0 Å². The first-order chi connectivity index (χ1) is 18.2. The lowest BCUT2D eigenvalue weighted by Crippen LogP contribution is -2.71. The Morgan fingerprint density at radius 3 is 2.56 bits per heavy atom. The number of piperazine rings is 1. The molecule has 9 heteroatoms. The number of methoxy groups -OCH3 is 1. The number of hydrogen-bond acceptors (Lipinski definition) is 6. The monoisotopic (exact) mass is 531 g/mol. The molecule has 1 aromatic heterocycles. The van der Waals surface area contributed by atoms with Gasteiger partial charge in [-0.15, -0.1) is 6.58 Å². The number of carbonyl (C=O) groups is 3. The molecule has 2 N–H and O–H groups in total. The van der Waals surface area contributed by atoms with Crippen molar-refractivity contribution >= 4 is 29.4 Å². The highest BCUT2D eigenvalue weighted by molar-refractivity contribution is 6.10. The van der Waals surface area contributed by atoms with Gasteiger partial charge in [0, 0.05) is 37.4 Å². The molecule has 3 aliphatic heterocycles. The number of fused-ring (bicyclic) bond motifs is 5. The van der Waals surface area contributed by atoms with Crippen LogP contribution >= 0.6 is 0 Å². The summed E-state index contributed by atoms with van der Waals surface area (Å²) in [4.78, 5) is 46.0. The van der Waals surface area contributed by atoms with Gasteiger partial charge in [0.15, 0.2) is 0 Å². The van der Waals surface area contributed by atoms with E-state index < -0.39 is 33.7 Å². The van der Waals surface area contributed by atoms with Crippen molar-refractivity contribution in [3.05, 3.63) is 66.4 Å². The molecule has 2 fully saturated rings. The van der Waals surface area contributed by atoms with Crippen molar-refractivity contribution in [3.63, 3.8) is 0 Å². The van der Waals surface area contributed by atoms with Crippen molar-refractivity contribution in [1.82, 2.24) is 19.8 Å². The average molecular weight is 532 g/mol. The third kappa shape index (κ3) is 3.41. The van der Waals surface area contributed by atoms with Gasteiger partial charge in [0.1, 0.15) is 17.1 Å². The lowest BCUT2D eigenvalue weighted by molar-refractivity contribution is -0.184. The van der Waals surface area contributed by atoms with Crippen LogP contribution in [0, 0.1) is 5.41 Å². The molecule has 0 saturated carbocycles. The number of amides is 2. The normalized spacial score (nSPS) is 29.0. The van der Waals surface area contributed by atoms with Gasteiger partial charge in [-0.1, -0.05) is 38.1 Å². The quantitative estimate of drug-likeness (QED) is 0.414. The largest absolute Gasteiger partial charge is 0.362 e. The van der Waals surface area contributed by atoms with Gasteiger partial charge in [-0.25, -0.2) is 4.98 Å². The van der Waals surface area contributed by atoms with E-state index in [-0.39, 0.29) is 23.8 Å². The number of rotatable bonds is 7. The Kier molecular flexibility index (Phi) is 5.78. The first-order valence-electron chi connectivity index (χ1n) is 13.2. The second kappa shape index (κ2) is 8.39. The van der Waals surface area contributed by atoms with E-state index in [1.165, 1.54) is 7.11 Å². The highest BCUT2D eigenvalue weighted by Gasteiger charge is 2.78. The summed E-state index contributed by atoms with van der Waals surface area (Å²) < 4.78 is 7.84. The van der Waals surface area contributed by atoms with Crippen LogP contribution in [0.2, 0.25) is 0 Å². The number of aromatic nitrogens is 2. The number of nitrogens with one attached hydrogen (secondary N) is 2. The van der Waals surface area contributed by atoms with E-state index >= 15 is 0 Å². The number of nitrogens with zero attached hydrogens (tertiary/aromatic N) is 3. The number of allylic oxidation sites excluding steroid dienone is 1. The van der Waals surface area contributed by atoms with Crippen molar-refractivity contribution in [2.75, 3.05) is 12.4 Å². The van der Waals surface area contributed by atoms with Crippen LogP contribution in [0.4, 0.5) is 5.69 Å². The van der Waals surface area contributed by atoms with Crippen LogP contribution in [0.5, 0.6) is 0 Å². The third-order valence-corrected chi connectivity index (χ3v) is 9.17. The van der Waals surface area contributed by atoms with Crippen molar-refractivity contribution in [2.45, 2.75) is 76.7 Å². The molecule has 0 radical (unpaired) electrons. The molecule has 39 heavy (non-hydrogen) atoms. The summed E-state index contributed by atoms with van der Waals surface area (Å²) in [7, 11) is 1.47. The molecule has 3 aliphatic rings. The summed E-state index contributed by atoms with van der Waals surface area (Å²) in [5.74, 6) is -0.725. The van der Waals surface area contributed by atoms with E-state index in [4.69, 9.17) is 4.74 Å². The lowest BCUT2D eigenvalue weighted by Gasteiger charge is -2.51. The Hall–Kier alpha value is -3.72. The van der Waals surface area contributed by atoms with Gasteiger partial charge in [-0.2, -0.15) is 0 Å². The predicted molar refractivity (Wildman–Crippen MR) is 148 cm³/mol. The molecule has 2 aromatic rings. The lowest BCUT2D eigenvalue weighted by atomic mass is 9.56. The number of carbonyl (C=O) groups excluding carboxylic acids is 3. The fraction of sp³-hybridized carbons (Fsp3) is 0.467. The zero-order valence-corrected chi connectivity index (χ0v) is 23.7. The topological polar surface area (TPSA) is 106 Å².